The van der Waals surface area contributed by atoms with Gasteiger partial charge in [-0.15, -0.1) is 0 Å². The van der Waals surface area contributed by atoms with Gasteiger partial charge in [-0.3, -0.25) is 19.3 Å². The first kappa shape index (κ1) is 20.0. The van der Waals surface area contributed by atoms with Gasteiger partial charge in [-0.25, -0.2) is 5.01 Å². The zero-order chi connectivity index (χ0) is 20.3. The number of aryl methyl sites for hydroxylation is 1. The highest BCUT2D eigenvalue weighted by atomic mass is 16.2. The van der Waals surface area contributed by atoms with Crippen molar-refractivity contribution in [1.82, 2.24) is 14.8 Å². The van der Waals surface area contributed by atoms with Crippen molar-refractivity contribution in [1.29, 1.82) is 0 Å². The largest absolute Gasteiger partial charge is 0.335 e. The number of rotatable bonds is 4. The molecule has 0 radical (unpaired) electrons. The SMILES string of the molecule is Cc1cccc(NC(=O)CN2CCN(C(=O)C3=NN(C)C(=O)CC3)CC2)c1C. The molecule has 0 bridgehead atoms. The van der Waals surface area contributed by atoms with Gasteiger partial charge in [0.1, 0.15) is 5.71 Å². The molecule has 150 valence electrons. The molecule has 1 aromatic rings. The van der Waals surface area contributed by atoms with Gasteiger partial charge in [-0.1, -0.05) is 12.1 Å². The summed E-state index contributed by atoms with van der Waals surface area (Å²) in [6.07, 6.45) is 0.708. The van der Waals surface area contributed by atoms with E-state index in [9.17, 15) is 14.4 Å². The van der Waals surface area contributed by atoms with Crippen molar-refractivity contribution in [3.8, 4) is 0 Å². The molecule has 8 nitrogen and oxygen atoms in total. The molecule has 0 saturated carbocycles. The number of nitrogens with one attached hydrogen (secondary N) is 1. The molecule has 2 aliphatic rings. The van der Waals surface area contributed by atoms with E-state index in [0.29, 0.717) is 51.3 Å². The third kappa shape index (κ3) is 4.56. The summed E-state index contributed by atoms with van der Waals surface area (Å²) in [5.41, 5.74) is 3.49. The van der Waals surface area contributed by atoms with E-state index < -0.39 is 0 Å². The maximum absolute atomic E-state index is 12.6. The Morgan fingerprint density at radius 1 is 1.11 bits per heavy atom. The van der Waals surface area contributed by atoms with Gasteiger partial charge in [-0.2, -0.15) is 5.10 Å². The van der Waals surface area contributed by atoms with Crippen molar-refractivity contribution in [2.75, 3.05) is 45.1 Å². The lowest BCUT2D eigenvalue weighted by Gasteiger charge is -2.35. The van der Waals surface area contributed by atoms with E-state index in [0.717, 1.165) is 16.8 Å². The van der Waals surface area contributed by atoms with E-state index in [2.05, 4.69) is 10.4 Å². The molecule has 28 heavy (non-hydrogen) atoms. The van der Waals surface area contributed by atoms with Crippen LogP contribution in [0, 0.1) is 13.8 Å². The van der Waals surface area contributed by atoms with Gasteiger partial charge in [0.2, 0.25) is 11.8 Å². The second-order valence-corrected chi connectivity index (χ2v) is 7.33. The summed E-state index contributed by atoms with van der Waals surface area (Å²) in [4.78, 5) is 40.3. The van der Waals surface area contributed by atoms with Gasteiger partial charge in [-0.05, 0) is 31.0 Å². The molecule has 0 aromatic heterocycles. The molecule has 1 fully saturated rings. The Labute approximate surface area is 165 Å². The maximum atomic E-state index is 12.6. The van der Waals surface area contributed by atoms with Crippen LogP contribution in [0.15, 0.2) is 23.3 Å². The van der Waals surface area contributed by atoms with Crippen molar-refractivity contribution in [3.05, 3.63) is 29.3 Å². The lowest BCUT2D eigenvalue weighted by molar-refractivity contribution is -0.131. The Morgan fingerprint density at radius 3 is 2.50 bits per heavy atom. The minimum atomic E-state index is -0.112. The Bertz CT molecular complexity index is 812. The van der Waals surface area contributed by atoms with E-state index in [4.69, 9.17) is 0 Å². The van der Waals surface area contributed by atoms with Crippen LogP contribution in [-0.2, 0) is 14.4 Å². The normalized spacial score (nSPS) is 18.1. The van der Waals surface area contributed by atoms with Gasteiger partial charge in [0.05, 0.1) is 6.54 Å². The number of piperazine rings is 1. The Hall–Kier alpha value is -2.74. The van der Waals surface area contributed by atoms with E-state index >= 15 is 0 Å². The average Bonchev–Trinajstić information content (AvgIpc) is 2.67. The van der Waals surface area contributed by atoms with Crippen molar-refractivity contribution in [2.45, 2.75) is 26.7 Å². The third-order valence-electron chi connectivity index (χ3n) is 5.36. The molecule has 2 aliphatic heterocycles. The standard InChI is InChI=1S/C20H27N5O3/c1-14-5-4-6-16(15(14)2)21-18(26)13-24-9-11-25(12-10-24)20(28)17-7-8-19(27)23(3)22-17/h4-6H,7-13H2,1-3H3,(H,21,26). The second-order valence-electron chi connectivity index (χ2n) is 7.33. The highest BCUT2D eigenvalue weighted by molar-refractivity contribution is 6.39. The number of amides is 3. The smallest absolute Gasteiger partial charge is 0.270 e. The zero-order valence-corrected chi connectivity index (χ0v) is 16.7. The van der Waals surface area contributed by atoms with Crippen molar-refractivity contribution in [3.63, 3.8) is 0 Å². The molecule has 2 heterocycles. The number of carbonyl (C=O) groups is 3. The topological polar surface area (TPSA) is 85.3 Å². The molecule has 0 aliphatic carbocycles. The monoisotopic (exact) mass is 385 g/mol. The fourth-order valence-electron chi connectivity index (χ4n) is 3.39. The quantitative estimate of drug-likeness (QED) is 0.838. The first-order chi connectivity index (χ1) is 13.3. The van der Waals surface area contributed by atoms with Crippen molar-refractivity contribution >= 4 is 29.1 Å². The first-order valence-corrected chi connectivity index (χ1v) is 9.57. The minimum Gasteiger partial charge on any atom is -0.335 e. The summed E-state index contributed by atoms with van der Waals surface area (Å²) in [7, 11) is 1.57. The molecule has 1 N–H and O–H groups in total. The number of carbonyl (C=O) groups excluding carboxylic acids is 3. The average molecular weight is 385 g/mol. The van der Waals surface area contributed by atoms with Gasteiger partial charge in [0, 0.05) is 51.8 Å². The Morgan fingerprint density at radius 2 is 1.82 bits per heavy atom. The Balaban J connectivity index is 1.49. The van der Waals surface area contributed by atoms with Crippen molar-refractivity contribution in [2.24, 2.45) is 5.10 Å². The second kappa shape index (κ2) is 8.52. The van der Waals surface area contributed by atoms with Crippen LogP contribution < -0.4 is 5.32 Å². The van der Waals surface area contributed by atoms with Crippen LogP contribution in [0.2, 0.25) is 0 Å². The summed E-state index contributed by atoms with van der Waals surface area (Å²) >= 11 is 0. The van der Waals surface area contributed by atoms with Gasteiger partial charge >= 0.3 is 0 Å². The van der Waals surface area contributed by atoms with E-state index in [1.165, 1.54) is 5.01 Å². The van der Waals surface area contributed by atoms with Crippen LogP contribution in [0.1, 0.15) is 24.0 Å². The summed E-state index contributed by atoms with van der Waals surface area (Å²) < 4.78 is 0. The van der Waals surface area contributed by atoms with Crippen LogP contribution in [0.5, 0.6) is 0 Å². The summed E-state index contributed by atoms with van der Waals surface area (Å²) in [6, 6.07) is 5.86. The fraction of sp³-hybridized carbons (Fsp3) is 0.500. The van der Waals surface area contributed by atoms with Crippen LogP contribution in [-0.4, -0.2) is 78.0 Å². The molecule has 1 saturated heterocycles. The number of nitrogens with zero attached hydrogens (tertiary/aromatic N) is 4. The lowest BCUT2D eigenvalue weighted by Crippen LogP contribution is -2.52. The summed E-state index contributed by atoms with van der Waals surface area (Å²) in [5.74, 6) is -0.236. The van der Waals surface area contributed by atoms with E-state index in [-0.39, 0.29) is 17.7 Å². The number of anilines is 1. The van der Waals surface area contributed by atoms with Crippen LogP contribution >= 0.6 is 0 Å². The predicted molar refractivity (Wildman–Crippen MR) is 107 cm³/mol. The molecule has 1 aromatic carbocycles. The zero-order valence-electron chi connectivity index (χ0n) is 16.7. The van der Waals surface area contributed by atoms with Crippen LogP contribution in [0.4, 0.5) is 5.69 Å². The number of benzene rings is 1. The van der Waals surface area contributed by atoms with Gasteiger partial charge < -0.3 is 10.2 Å². The maximum Gasteiger partial charge on any atom is 0.270 e. The molecule has 0 atom stereocenters. The highest BCUT2D eigenvalue weighted by Crippen LogP contribution is 2.18. The predicted octanol–water partition coefficient (Wildman–Crippen LogP) is 0.994. The molecular weight excluding hydrogens is 358 g/mol. The molecule has 3 rings (SSSR count). The summed E-state index contributed by atoms with van der Waals surface area (Å²) in [6.45, 7) is 6.67. The highest BCUT2D eigenvalue weighted by Gasteiger charge is 2.28. The molecule has 0 spiro atoms. The third-order valence-corrected chi connectivity index (χ3v) is 5.36. The number of hydrogen-bond acceptors (Lipinski definition) is 5. The van der Waals surface area contributed by atoms with E-state index in [1.807, 2.05) is 36.9 Å². The van der Waals surface area contributed by atoms with Crippen LogP contribution in [0.3, 0.4) is 0 Å². The Kier molecular flexibility index (Phi) is 6.08. The molecular formula is C20H27N5O3. The lowest BCUT2D eigenvalue weighted by atomic mass is 10.1. The molecule has 3 amide bonds. The van der Waals surface area contributed by atoms with Crippen LogP contribution in [0.25, 0.3) is 0 Å². The summed E-state index contributed by atoms with van der Waals surface area (Å²) in [5, 5.41) is 8.32. The number of hydrazone groups is 1. The first-order valence-electron chi connectivity index (χ1n) is 9.57. The van der Waals surface area contributed by atoms with Crippen molar-refractivity contribution < 1.29 is 14.4 Å². The molecule has 0 unspecified atom stereocenters. The molecule has 8 heteroatoms. The fourth-order valence-corrected chi connectivity index (χ4v) is 3.39. The van der Waals surface area contributed by atoms with Gasteiger partial charge in [0.15, 0.2) is 0 Å². The minimum absolute atomic E-state index is 0.0507. The van der Waals surface area contributed by atoms with E-state index in [1.54, 1.807) is 11.9 Å². The van der Waals surface area contributed by atoms with Gasteiger partial charge in [0.25, 0.3) is 5.91 Å². The number of hydrogen-bond donors (Lipinski definition) is 1.